The van der Waals surface area contributed by atoms with E-state index in [0.717, 1.165) is 17.8 Å². The molecule has 0 atom stereocenters. The average molecular weight is 274 g/mol. The predicted octanol–water partition coefficient (Wildman–Crippen LogP) is 3.13. The van der Waals surface area contributed by atoms with E-state index in [4.69, 9.17) is 0 Å². The summed E-state index contributed by atoms with van der Waals surface area (Å²) in [6.07, 6.45) is 0. The lowest BCUT2D eigenvalue weighted by Crippen LogP contribution is -2.29. The van der Waals surface area contributed by atoms with Crippen molar-refractivity contribution in [1.82, 2.24) is 4.90 Å². The molecule has 0 fully saturated rings. The summed E-state index contributed by atoms with van der Waals surface area (Å²) < 4.78 is 0. The van der Waals surface area contributed by atoms with Crippen LogP contribution in [-0.2, 0) is 11.3 Å². The van der Waals surface area contributed by atoms with Gasteiger partial charge < -0.3 is 5.32 Å². The lowest BCUT2D eigenvalue weighted by Gasteiger charge is -2.15. The average Bonchev–Trinajstić information content (AvgIpc) is 2.81. The van der Waals surface area contributed by atoms with E-state index in [2.05, 4.69) is 16.8 Å². The molecular formula is C15H18N2OS. The van der Waals surface area contributed by atoms with Gasteiger partial charge in [0.15, 0.2) is 0 Å². The molecular weight excluding hydrogens is 256 g/mol. The predicted molar refractivity (Wildman–Crippen MR) is 80.5 cm³/mol. The number of carbonyl (C=O) groups excluding carboxylic acids is 1. The minimum atomic E-state index is 0.0182. The van der Waals surface area contributed by atoms with Crippen LogP contribution >= 0.6 is 11.3 Å². The van der Waals surface area contributed by atoms with Crippen molar-refractivity contribution in [2.75, 3.05) is 18.9 Å². The number of hydrogen-bond acceptors (Lipinski definition) is 3. The summed E-state index contributed by atoms with van der Waals surface area (Å²) >= 11 is 1.71. The fourth-order valence-corrected chi connectivity index (χ4v) is 2.68. The Hall–Kier alpha value is -1.65. The number of nitrogens with one attached hydrogen (secondary N) is 1. The van der Waals surface area contributed by atoms with Crippen LogP contribution in [0.4, 0.5) is 5.69 Å². The van der Waals surface area contributed by atoms with Gasteiger partial charge >= 0.3 is 0 Å². The number of benzene rings is 1. The smallest absolute Gasteiger partial charge is 0.238 e. The van der Waals surface area contributed by atoms with Crippen LogP contribution in [0.25, 0.3) is 0 Å². The molecule has 4 heteroatoms. The minimum absolute atomic E-state index is 0.0182. The van der Waals surface area contributed by atoms with E-state index in [-0.39, 0.29) is 5.91 Å². The van der Waals surface area contributed by atoms with Gasteiger partial charge in [-0.1, -0.05) is 18.2 Å². The number of carbonyl (C=O) groups is 1. The summed E-state index contributed by atoms with van der Waals surface area (Å²) in [5.74, 6) is 0.0182. The van der Waals surface area contributed by atoms with Crippen LogP contribution in [-0.4, -0.2) is 24.4 Å². The molecule has 100 valence electrons. The first-order valence-electron chi connectivity index (χ1n) is 6.21. The molecule has 1 heterocycles. The van der Waals surface area contributed by atoms with Crippen molar-refractivity contribution >= 4 is 22.9 Å². The Labute approximate surface area is 117 Å². The quantitative estimate of drug-likeness (QED) is 0.908. The molecule has 2 rings (SSSR count). The van der Waals surface area contributed by atoms with Gasteiger partial charge in [-0.3, -0.25) is 9.69 Å². The maximum Gasteiger partial charge on any atom is 0.238 e. The topological polar surface area (TPSA) is 32.3 Å². The third kappa shape index (κ3) is 4.50. The number of anilines is 1. The fraction of sp³-hybridized carbons (Fsp3) is 0.267. The van der Waals surface area contributed by atoms with Gasteiger partial charge in [0.05, 0.1) is 6.54 Å². The van der Waals surface area contributed by atoms with Crippen molar-refractivity contribution in [2.45, 2.75) is 13.5 Å². The van der Waals surface area contributed by atoms with E-state index >= 15 is 0 Å². The molecule has 0 aliphatic rings. The van der Waals surface area contributed by atoms with Gasteiger partial charge in [-0.25, -0.2) is 0 Å². The van der Waals surface area contributed by atoms with E-state index in [1.54, 1.807) is 11.3 Å². The summed E-state index contributed by atoms with van der Waals surface area (Å²) in [6.45, 7) is 3.21. The van der Waals surface area contributed by atoms with Crippen LogP contribution < -0.4 is 5.32 Å². The molecule has 19 heavy (non-hydrogen) atoms. The largest absolute Gasteiger partial charge is 0.325 e. The summed E-state index contributed by atoms with van der Waals surface area (Å²) in [5, 5.41) is 4.97. The second-order valence-electron chi connectivity index (χ2n) is 4.67. The van der Waals surface area contributed by atoms with Gasteiger partial charge in [0, 0.05) is 17.1 Å². The molecule has 0 unspecified atom stereocenters. The molecule has 0 spiro atoms. The first-order valence-corrected chi connectivity index (χ1v) is 7.09. The van der Waals surface area contributed by atoms with Gasteiger partial charge in [-0.15, -0.1) is 11.3 Å². The Kier molecular flexibility index (Phi) is 4.71. The van der Waals surface area contributed by atoms with Crippen molar-refractivity contribution in [3.8, 4) is 0 Å². The highest BCUT2D eigenvalue weighted by atomic mass is 32.1. The van der Waals surface area contributed by atoms with E-state index in [0.29, 0.717) is 6.54 Å². The number of amides is 1. The standard InChI is InChI=1S/C15H18N2OS/c1-12-5-3-6-13(9-12)16-15(18)11-17(2)10-14-7-4-8-19-14/h3-9H,10-11H2,1-2H3,(H,16,18). The van der Waals surface area contributed by atoms with Crippen molar-refractivity contribution in [2.24, 2.45) is 0 Å². The highest BCUT2D eigenvalue weighted by Crippen LogP contribution is 2.12. The maximum atomic E-state index is 11.9. The van der Waals surface area contributed by atoms with Crippen molar-refractivity contribution in [3.63, 3.8) is 0 Å². The maximum absolute atomic E-state index is 11.9. The monoisotopic (exact) mass is 274 g/mol. The second-order valence-corrected chi connectivity index (χ2v) is 5.70. The molecule has 0 aliphatic heterocycles. The summed E-state index contributed by atoms with van der Waals surface area (Å²) in [6, 6.07) is 11.9. The Balaban J connectivity index is 1.84. The third-order valence-corrected chi connectivity index (χ3v) is 3.58. The molecule has 0 saturated heterocycles. The number of hydrogen-bond donors (Lipinski definition) is 1. The Morgan fingerprint density at radius 1 is 1.32 bits per heavy atom. The first-order chi connectivity index (χ1) is 9.13. The van der Waals surface area contributed by atoms with Gasteiger partial charge in [-0.2, -0.15) is 0 Å². The molecule has 1 N–H and O–H groups in total. The van der Waals surface area contributed by atoms with E-state index in [1.807, 2.05) is 49.2 Å². The van der Waals surface area contributed by atoms with E-state index in [1.165, 1.54) is 4.88 Å². The van der Waals surface area contributed by atoms with Crippen LogP contribution in [0.2, 0.25) is 0 Å². The number of nitrogens with zero attached hydrogens (tertiary/aromatic N) is 1. The Bertz CT molecular complexity index is 537. The number of thiophene rings is 1. The fourth-order valence-electron chi connectivity index (χ4n) is 1.89. The van der Waals surface area contributed by atoms with Crippen LogP contribution in [0.15, 0.2) is 41.8 Å². The SMILES string of the molecule is Cc1cccc(NC(=O)CN(C)Cc2cccs2)c1. The van der Waals surface area contributed by atoms with E-state index < -0.39 is 0 Å². The molecule has 2 aromatic rings. The zero-order chi connectivity index (χ0) is 13.7. The first kappa shape index (κ1) is 13.8. The van der Waals surface area contributed by atoms with Crippen molar-refractivity contribution < 1.29 is 4.79 Å². The summed E-state index contributed by atoms with van der Waals surface area (Å²) in [5.41, 5.74) is 2.00. The third-order valence-electron chi connectivity index (χ3n) is 2.72. The summed E-state index contributed by atoms with van der Waals surface area (Å²) in [4.78, 5) is 15.2. The second kappa shape index (κ2) is 6.50. The van der Waals surface area contributed by atoms with Crippen molar-refractivity contribution in [1.29, 1.82) is 0 Å². The normalized spacial score (nSPS) is 10.7. The molecule has 0 radical (unpaired) electrons. The zero-order valence-electron chi connectivity index (χ0n) is 11.2. The summed E-state index contributed by atoms with van der Waals surface area (Å²) in [7, 11) is 1.95. The number of aryl methyl sites for hydroxylation is 1. The number of rotatable bonds is 5. The van der Waals surface area contributed by atoms with Crippen LogP contribution in [0.3, 0.4) is 0 Å². The Morgan fingerprint density at radius 2 is 2.16 bits per heavy atom. The molecule has 1 aromatic heterocycles. The van der Waals surface area contributed by atoms with E-state index in [9.17, 15) is 4.79 Å². The van der Waals surface area contributed by atoms with Gasteiger partial charge in [-0.05, 0) is 43.1 Å². The lowest BCUT2D eigenvalue weighted by atomic mass is 10.2. The molecule has 1 amide bonds. The van der Waals surface area contributed by atoms with Crippen LogP contribution in [0.1, 0.15) is 10.4 Å². The van der Waals surface area contributed by atoms with Crippen molar-refractivity contribution in [3.05, 3.63) is 52.2 Å². The van der Waals surface area contributed by atoms with Gasteiger partial charge in [0.25, 0.3) is 0 Å². The highest BCUT2D eigenvalue weighted by Gasteiger charge is 2.08. The molecule has 3 nitrogen and oxygen atoms in total. The number of likely N-dealkylation sites (N-methyl/N-ethyl adjacent to an activating group) is 1. The highest BCUT2D eigenvalue weighted by molar-refractivity contribution is 7.09. The molecule has 1 aromatic carbocycles. The molecule has 0 bridgehead atoms. The molecule has 0 saturated carbocycles. The minimum Gasteiger partial charge on any atom is -0.325 e. The zero-order valence-corrected chi connectivity index (χ0v) is 12.0. The molecule has 0 aliphatic carbocycles. The van der Waals surface area contributed by atoms with Gasteiger partial charge in [0.2, 0.25) is 5.91 Å². The lowest BCUT2D eigenvalue weighted by molar-refractivity contribution is -0.117. The van der Waals surface area contributed by atoms with Crippen LogP contribution in [0.5, 0.6) is 0 Å². The van der Waals surface area contributed by atoms with Crippen LogP contribution in [0, 0.1) is 6.92 Å². The van der Waals surface area contributed by atoms with Gasteiger partial charge in [0.1, 0.15) is 0 Å². The Morgan fingerprint density at radius 3 is 2.84 bits per heavy atom.